The zero-order valence-electron chi connectivity index (χ0n) is 9.00. The normalized spacial score (nSPS) is 31.8. The Bertz CT molecular complexity index is 445. The second-order valence-corrected chi connectivity index (χ2v) is 5.41. The number of hydrogen-bond donors (Lipinski definition) is 1. The summed E-state index contributed by atoms with van der Waals surface area (Å²) in [5.74, 6) is 0.486. The van der Waals surface area contributed by atoms with Gasteiger partial charge in [0.25, 0.3) is 0 Å². The molecule has 84 valence electrons. The molecule has 16 heavy (non-hydrogen) atoms. The molecule has 1 aliphatic carbocycles. The summed E-state index contributed by atoms with van der Waals surface area (Å²) >= 11 is 5.98. The second-order valence-electron chi connectivity index (χ2n) is 4.98. The maximum absolute atomic E-state index is 11.6. The van der Waals surface area contributed by atoms with Gasteiger partial charge in [-0.05, 0) is 37.0 Å². The zero-order valence-corrected chi connectivity index (χ0v) is 9.76. The SMILES string of the molecule is O=C1NCC2(Cc3cccc(Cl)c3)CCC12. The Morgan fingerprint density at radius 3 is 3.00 bits per heavy atom. The van der Waals surface area contributed by atoms with Crippen LogP contribution in [0.2, 0.25) is 5.02 Å². The number of carbonyl (C=O) groups is 1. The second kappa shape index (κ2) is 3.49. The first-order chi connectivity index (χ1) is 7.70. The molecule has 3 heteroatoms. The molecular formula is C13H14ClNO. The van der Waals surface area contributed by atoms with Gasteiger partial charge in [-0.3, -0.25) is 4.79 Å². The van der Waals surface area contributed by atoms with Crippen LogP contribution in [-0.2, 0) is 11.2 Å². The molecule has 1 amide bonds. The van der Waals surface area contributed by atoms with Crippen LogP contribution in [0.5, 0.6) is 0 Å². The summed E-state index contributed by atoms with van der Waals surface area (Å²) in [7, 11) is 0. The lowest BCUT2D eigenvalue weighted by Crippen LogP contribution is -2.42. The van der Waals surface area contributed by atoms with Crippen molar-refractivity contribution in [3.05, 3.63) is 34.9 Å². The zero-order chi connectivity index (χ0) is 11.2. The molecule has 1 heterocycles. The molecule has 0 bridgehead atoms. The van der Waals surface area contributed by atoms with Gasteiger partial charge < -0.3 is 5.32 Å². The highest BCUT2D eigenvalue weighted by Gasteiger charge is 2.54. The Kier molecular flexibility index (Phi) is 2.21. The predicted molar refractivity (Wildman–Crippen MR) is 63.3 cm³/mol. The van der Waals surface area contributed by atoms with E-state index in [2.05, 4.69) is 11.4 Å². The van der Waals surface area contributed by atoms with Crippen molar-refractivity contribution >= 4 is 17.5 Å². The Morgan fingerprint density at radius 1 is 1.50 bits per heavy atom. The quantitative estimate of drug-likeness (QED) is 0.838. The van der Waals surface area contributed by atoms with E-state index >= 15 is 0 Å². The van der Waals surface area contributed by atoms with E-state index in [-0.39, 0.29) is 17.2 Å². The van der Waals surface area contributed by atoms with Crippen LogP contribution in [0.4, 0.5) is 0 Å². The number of amides is 1. The fraction of sp³-hybridized carbons (Fsp3) is 0.462. The average Bonchev–Trinajstić information content (AvgIpc) is 2.41. The first-order valence-corrected chi connectivity index (χ1v) is 6.10. The van der Waals surface area contributed by atoms with Crippen molar-refractivity contribution in [1.29, 1.82) is 0 Å². The van der Waals surface area contributed by atoms with Crippen molar-refractivity contribution in [2.45, 2.75) is 19.3 Å². The van der Waals surface area contributed by atoms with Crippen LogP contribution < -0.4 is 5.32 Å². The van der Waals surface area contributed by atoms with Gasteiger partial charge >= 0.3 is 0 Å². The van der Waals surface area contributed by atoms with Crippen LogP contribution in [-0.4, -0.2) is 12.5 Å². The molecule has 0 spiro atoms. The maximum atomic E-state index is 11.6. The van der Waals surface area contributed by atoms with Gasteiger partial charge in [0, 0.05) is 22.9 Å². The summed E-state index contributed by atoms with van der Waals surface area (Å²) < 4.78 is 0. The third-order valence-electron chi connectivity index (χ3n) is 4.05. The topological polar surface area (TPSA) is 29.1 Å². The minimum absolute atomic E-state index is 0.182. The molecule has 2 fully saturated rings. The van der Waals surface area contributed by atoms with Crippen LogP contribution >= 0.6 is 11.6 Å². The van der Waals surface area contributed by atoms with Crippen LogP contribution in [0.15, 0.2) is 24.3 Å². The van der Waals surface area contributed by atoms with Crippen LogP contribution in [0.3, 0.4) is 0 Å². The Balaban J connectivity index is 1.83. The Hall–Kier alpha value is -1.02. The highest BCUT2D eigenvalue weighted by Crippen LogP contribution is 2.51. The lowest BCUT2D eigenvalue weighted by atomic mass is 9.59. The van der Waals surface area contributed by atoms with Gasteiger partial charge in [0.1, 0.15) is 0 Å². The summed E-state index contributed by atoms with van der Waals surface area (Å²) in [4.78, 5) is 11.6. The third kappa shape index (κ3) is 1.44. The summed E-state index contributed by atoms with van der Waals surface area (Å²) in [6.07, 6.45) is 3.17. The Labute approximate surface area is 100.0 Å². The first-order valence-electron chi connectivity index (χ1n) is 5.72. The van der Waals surface area contributed by atoms with Crippen LogP contribution in [0.1, 0.15) is 18.4 Å². The number of carbonyl (C=O) groups excluding carboxylic acids is 1. The average molecular weight is 236 g/mol. The van der Waals surface area contributed by atoms with Crippen molar-refractivity contribution in [2.24, 2.45) is 11.3 Å². The van der Waals surface area contributed by atoms with Gasteiger partial charge in [0.05, 0.1) is 0 Å². The predicted octanol–water partition coefficient (Wildman–Crippen LogP) is 2.41. The standard InChI is InChI=1S/C13H14ClNO/c14-10-3-1-2-9(6-10)7-13-5-4-11(13)12(16)15-8-13/h1-3,6,11H,4-5,7-8H2,(H,15,16). The molecule has 3 rings (SSSR count). The lowest BCUT2D eigenvalue weighted by Gasteiger charge is -2.42. The van der Waals surface area contributed by atoms with Gasteiger partial charge in [0.2, 0.25) is 5.91 Å². The van der Waals surface area contributed by atoms with Crippen LogP contribution in [0, 0.1) is 11.3 Å². The number of nitrogens with one attached hydrogen (secondary N) is 1. The van der Waals surface area contributed by atoms with E-state index in [9.17, 15) is 4.79 Å². The van der Waals surface area contributed by atoms with Crippen molar-refractivity contribution in [3.63, 3.8) is 0 Å². The highest BCUT2D eigenvalue weighted by atomic mass is 35.5. The molecule has 1 N–H and O–H groups in total. The van der Waals surface area contributed by atoms with Gasteiger partial charge in [-0.2, -0.15) is 0 Å². The van der Waals surface area contributed by atoms with E-state index in [4.69, 9.17) is 11.6 Å². The van der Waals surface area contributed by atoms with Gasteiger partial charge in [-0.25, -0.2) is 0 Å². The van der Waals surface area contributed by atoms with E-state index in [1.165, 1.54) is 5.56 Å². The maximum Gasteiger partial charge on any atom is 0.223 e. The van der Waals surface area contributed by atoms with Gasteiger partial charge in [-0.1, -0.05) is 23.7 Å². The van der Waals surface area contributed by atoms with Crippen molar-refractivity contribution in [2.75, 3.05) is 6.54 Å². The summed E-state index contributed by atoms with van der Waals surface area (Å²) in [6.45, 7) is 0.836. The molecule has 2 nitrogen and oxygen atoms in total. The minimum Gasteiger partial charge on any atom is -0.355 e. The first kappa shape index (κ1) is 10.2. The third-order valence-corrected chi connectivity index (χ3v) is 4.28. The van der Waals surface area contributed by atoms with Crippen molar-refractivity contribution in [1.82, 2.24) is 5.32 Å². The van der Waals surface area contributed by atoms with Gasteiger partial charge in [0.15, 0.2) is 0 Å². The molecule has 1 aliphatic heterocycles. The van der Waals surface area contributed by atoms with E-state index in [0.29, 0.717) is 0 Å². The van der Waals surface area contributed by atoms with Gasteiger partial charge in [-0.15, -0.1) is 0 Å². The molecule has 0 radical (unpaired) electrons. The molecule has 2 atom stereocenters. The Morgan fingerprint density at radius 2 is 2.38 bits per heavy atom. The van der Waals surface area contributed by atoms with Crippen LogP contribution in [0.25, 0.3) is 0 Å². The van der Waals surface area contributed by atoms with Crippen molar-refractivity contribution in [3.8, 4) is 0 Å². The lowest BCUT2D eigenvalue weighted by molar-refractivity contribution is -0.127. The number of fused-ring (bicyclic) bond motifs is 1. The van der Waals surface area contributed by atoms with E-state index in [1.54, 1.807) is 0 Å². The number of rotatable bonds is 2. The minimum atomic E-state index is 0.182. The number of halogens is 1. The molecule has 1 saturated carbocycles. The molecule has 1 aromatic rings. The van der Waals surface area contributed by atoms with E-state index in [1.807, 2.05) is 18.2 Å². The summed E-state index contributed by atoms with van der Waals surface area (Å²) in [6, 6.07) is 7.97. The molecule has 0 aromatic heterocycles. The number of benzene rings is 1. The van der Waals surface area contributed by atoms with E-state index in [0.717, 1.165) is 30.8 Å². The monoisotopic (exact) mass is 235 g/mol. The molecule has 2 unspecified atom stereocenters. The molecular weight excluding hydrogens is 222 g/mol. The van der Waals surface area contributed by atoms with Crippen molar-refractivity contribution < 1.29 is 4.79 Å². The number of hydrogen-bond acceptors (Lipinski definition) is 1. The fourth-order valence-electron chi connectivity index (χ4n) is 3.03. The highest BCUT2D eigenvalue weighted by molar-refractivity contribution is 6.30. The van der Waals surface area contributed by atoms with E-state index < -0.39 is 0 Å². The fourth-order valence-corrected chi connectivity index (χ4v) is 3.24. The molecule has 2 aliphatic rings. The molecule has 1 saturated heterocycles. The largest absolute Gasteiger partial charge is 0.355 e. The summed E-state index contributed by atoms with van der Waals surface area (Å²) in [5, 5.41) is 3.76. The summed E-state index contributed by atoms with van der Waals surface area (Å²) in [5.41, 5.74) is 1.43. The smallest absolute Gasteiger partial charge is 0.223 e. The molecule has 1 aromatic carbocycles.